The minimum Gasteiger partial charge on any atom is -0.393 e. The minimum absolute atomic E-state index is 0.172. The summed E-state index contributed by atoms with van der Waals surface area (Å²) in [5.74, 6) is 0.439. The maximum absolute atomic E-state index is 9.81. The Hall–Kier alpha value is -0.0800. The summed E-state index contributed by atoms with van der Waals surface area (Å²) in [6.45, 7) is 6.23. The molecular weight excluding hydrogens is 176 g/mol. The summed E-state index contributed by atoms with van der Waals surface area (Å²) in [6, 6.07) is 0. The van der Waals surface area contributed by atoms with E-state index >= 15 is 0 Å². The van der Waals surface area contributed by atoms with Crippen LogP contribution in [0.2, 0.25) is 0 Å². The van der Waals surface area contributed by atoms with Crippen LogP contribution in [-0.2, 0) is 0 Å². The van der Waals surface area contributed by atoms with Gasteiger partial charge in [0.25, 0.3) is 0 Å². The van der Waals surface area contributed by atoms with E-state index in [1.54, 1.807) is 0 Å². The van der Waals surface area contributed by atoms with E-state index in [0.717, 1.165) is 38.5 Å². The largest absolute Gasteiger partial charge is 0.393 e. The molecule has 0 rings (SSSR count). The molecule has 0 aromatic rings. The third kappa shape index (κ3) is 5.61. The van der Waals surface area contributed by atoms with Crippen LogP contribution in [0, 0.1) is 5.92 Å². The van der Waals surface area contributed by atoms with E-state index < -0.39 is 0 Å². The molecule has 0 radical (unpaired) electrons. The first-order chi connectivity index (χ1) is 6.65. The van der Waals surface area contributed by atoms with Gasteiger partial charge in [0, 0.05) is 0 Å². The second-order valence-electron chi connectivity index (χ2n) is 4.14. The van der Waals surface area contributed by atoms with Crippen molar-refractivity contribution in [3.05, 3.63) is 0 Å². The number of aliphatic hydroxyl groups is 2. The fourth-order valence-corrected chi connectivity index (χ4v) is 1.84. The molecule has 2 N–H and O–H groups in total. The molecule has 2 atom stereocenters. The Labute approximate surface area is 88.3 Å². The Morgan fingerprint density at radius 2 is 1.43 bits per heavy atom. The van der Waals surface area contributed by atoms with Gasteiger partial charge >= 0.3 is 0 Å². The van der Waals surface area contributed by atoms with E-state index in [1.165, 1.54) is 0 Å². The molecule has 0 aliphatic carbocycles. The van der Waals surface area contributed by atoms with Crippen molar-refractivity contribution in [2.75, 3.05) is 0 Å². The van der Waals surface area contributed by atoms with Crippen LogP contribution in [-0.4, -0.2) is 22.4 Å². The second kappa shape index (κ2) is 8.25. The minimum atomic E-state index is -0.177. The van der Waals surface area contributed by atoms with Crippen molar-refractivity contribution >= 4 is 0 Å². The molecule has 0 fully saturated rings. The van der Waals surface area contributed by atoms with Gasteiger partial charge in [0.2, 0.25) is 0 Å². The summed E-state index contributed by atoms with van der Waals surface area (Å²) >= 11 is 0. The average molecular weight is 202 g/mol. The first-order valence-electron chi connectivity index (χ1n) is 6.01. The lowest BCUT2D eigenvalue weighted by Gasteiger charge is -2.20. The predicted octanol–water partition coefficient (Wildman–Crippen LogP) is 2.72. The van der Waals surface area contributed by atoms with Crippen molar-refractivity contribution in [3.8, 4) is 0 Å². The molecule has 0 aromatic heterocycles. The first-order valence-corrected chi connectivity index (χ1v) is 6.01. The van der Waals surface area contributed by atoms with Crippen molar-refractivity contribution < 1.29 is 10.2 Å². The normalized spacial score (nSPS) is 15.9. The van der Waals surface area contributed by atoms with Gasteiger partial charge < -0.3 is 10.2 Å². The smallest absolute Gasteiger partial charge is 0.0568 e. The highest BCUT2D eigenvalue weighted by Crippen LogP contribution is 2.18. The van der Waals surface area contributed by atoms with Crippen LogP contribution in [0.15, 0.2) is 0 Å². The van der Waals surface area contributed by atoms with Crippen molar-refractivity contribution in [2.24, 2.45) is 5.92 Å². The highest BCUT2D eigenvalue weighted by atomic mass is 16.3. The van der Waals surface area contributed by atoms with Crippen LogP contribution in [0.1, 0.15) is 59.3 Å². The van der Waals surface area contributed by atoms with Crippen molar-refractivity contribution in [2.45, 2.75) is 71.5 Å². The fourth-order valence-electron chi connectivity index (χ4n) is 1.84. The predicted molar refractivity (Wildman–Crippen MR) is 60.2 cm³/mol. The number of hydrogen-bond donors (Lipinski definition) is 2. The molecule has 2 nitrogen and oxygen atoms in total. The Morgan fingerprint density at radius 1 is 0.857 bits per heavy atom. The lowest BCUT2D eigenvalue weighted by molar-refractivity contribution is 0.0837. The van der Waals surface area contributed by atoms with Gasteiger partial charge in [0.05, 0.1) is 12.2 Å². The summed E-state index contributed by atoms with van der Waals surface area (Å²) in [7, 11) is 0. The van der Waals surface area contributed by atoms with Crippen molar-refractivity contribution in [1.29, 1.82) is 0 Å². The number of rotatable bonds is 8. The molecule has 0 saturated heterocycles. The van der Waals surface area contributed by atoms with Crippen molar-refractivity contribution in [3.63, 3.8) is 0 Å². The van der Waals surface area contributed by atoms with Crippen LogP contribution in [0.5, 0.6) is 0 Å². The zero-order valence-electron chi connectivity index (χ0n) is 9.87. The van der Waals surface area contributed by atoms with Gasteiger partial charge in [0.15, 0.2) is 0 Å². The topological polar surface area (TPSA) is 40.5 Å². The molecule has 0 heterocycles. The molecule has 0 saturated carbocycles. The zero-order chi connectivity index (χ0) is 11.0. The molecule has 2 unspecified atom stereocenters. The van der Waals surface area contributed by atoms with E-state index in [9.17, 15) is 10.2 Å². The van der Waals surface area contributed by atoms with Gasteiger partial charge in [-0.25, -0.2) is 0 Å². The standard InChI is InChI=1S/C12H26O2/c1-4-10(5-2)12(14)9-7-8-11(13)6-3/h10-14H,4-9H2,1-3H3. The molecule has 86 valence electrons. The monoisotopic (exact) mass is 202 g/mol. The van der Waals surface area contributed by atoms with Crippen LogP contribution < -0.4 is 0 Å². The van der Waals surface area contributed by atoms with Gasteiger partial charge in [0.1, 0.15) is 0 Å². The Kier molecular flexibility index (Phi) is 8.20. The van der Waals surface area contributed by atoms with Gasteiger partial charge in [-0.3, -0.25) is 0 Å². The Balaban J connectivity index is 3.56. The molecule has 0 aliphatic rings. The third-order valence-corrected chi connectivity index (χ3v) is 3.10. The lowest BCUT2D eigenvalue weighted by Crippen LogP contribution is -2.19. The van der Waals surface area contributed by atoms with Crippen LogP contribution in [0.4, 0.5) is 0 Å². The number of aliphatic hydroxyl groups excluding tert-OH is 2. The van der Waals surface area contributed by atoms with Crippen LogP contribution >= 0.6 is 0 Å². The summed E-state index contributed by atoms with van der Waals surface area (Å²) < 4.78 is 0. The summed E-state index contributed by atoms with van der Waals surface area (Å²) in [5, 5.41) is 19.2. The highest BCUT2D eigenvalue weighted by Gasteiger charge is 2.15. The maximum Gasteiger partial charge on any atom is 0.0568 e. The molecule has 2 heteroatoms. The van der Waals surface area contributed by atoms with Crippen LogP contribution in [0.3, 0.4) is 0 Å². The van der Waals surface area contributed by atoms with Gasteiger partial charge in [-0.05, 0) is 31.6 Å². The summed E-state index contributed by atoms with van der Waals surface area (Å²) in [5.41, 5.74) is 0. The van der Waals surface area contributed by atoms with Gasteiger partial charge in [-0.2, -0.15) is 0 Å². The highest BCUT2D eigenvalue weighted by molar-refractivity contribution is 4.67. The number of hydrogen-bond acceptors (Lipinski definition) is 2. The average Bonchev–Trinajstić information content (AvgIpc) is 2.19. The van der Waals surface area contributed by atoms with E-state index in [0.29, 0.717) is 5.92 Å². The van der Waals surface area contributed by atoms with Crippen molar-refractivity contribution in [1.82, 2.24) is 0 Å². The molecule has 0 bridgehead atoms. The van der Waals surface area contributed by atoms with E-state index in [2.05, 4.69) is 13.8 Å². The van der Waals surface area contributed by atoms with E-state index in [-0.39, 0.29) is 12.2 Å². The maximum atomic E-state index is 9.81. The quantitative estimate of drug-likeness (QED) is 0.635. The first kappa shape index (κ1) is 13.9. The molecule has 0 amide bonds. The van der Waals surface area contributed by atoms with Gasteiger partial charge in [-0.15, -0.1) is 0 Å². The molecule has 14 heavy (non-hydrogen) atoms. The lowest BCUT2D eigenvalue weighted by atomic mass is 9.92. The SMILES string of the molecule is CCC(O)CCCC(O)C(CC)CC. The Bertz CT molecular complexity index is 121. The molecule has 0 aliphatic heterocycles. The molecular formula is C12H26O2. The fraction of sp³-hybridized carbons (Fsp3) is 1.00. The second-order valence-corrected chi connectivity index (χ2v) is 4.14. The van der Waals surface area contributed by atoms with Gasteiger partial charge in [-0.1, -0.05) is 33.6 Å². The van der Waals surface area contributed by atoms with E-state index in [4.69, 9.17) is 0 Å². The third-order valence-electron chi connectivity index (χ3n) is 3.10. The molecule has 0 spiro atoms. The summed E-state index contributed by atoms with van der Waals surface area (Å²) in [4.78, 5) is 0. The molecule has 0 aromatic carbocycles. The van der Waals surface area contributed by atoms with Crippen LogP contribution in [0.25, 0.3) is 0 Å². The summed E-state index contributed by atoms with van der Waals surface area (Å²) in [6.07, 6.45) is 5.17. The Morgan fingerprint density at radius 3 is 1.86 bits per heavy atom. The zero-order valence-corrected chi connectivity index (χ0v) is 9.87. The van der Waals surface area contributed by atoms with E-state index in [1.807, 2.05) is 6.92 Å².